The van der Waals surface area contributed by atoms with E-state index >= 15 is 0 Å². The Bertz CT molecular complexity index is 2200. The van der Waals surface area contributed by atoms with E-state index in [0.717, 1.165) is 11.4 Å². The second-order valence-electron chi connectivity index (χ2n) is 13.6. The van der Waals surface area contributed by atoms with Crippen molar-refractivity contribution in [2.75, 3.05) is 83.3 Å². The predicted molar refractivity (Wildman–Crippen MR) is 239 cm³/mol. The van der Waals surface area contributed by atoms with Crippen LogP contribution in [0.2, 0.25) is 0 Å². The Labute approximate surface area is 355 Å². The van der Waals surface area contributed by atoms with Crippen LogP contribution in [-0.4, -0.2) is 146 Å². The van der Waals surface area contributed by atoms with Crippen LogP contribution in [0, 0.1) is 44.2 Å². The fraction of sp³-hybridized carbons (Fsp3) is 0.317. The summed E-state index contributed by atoms with van der Waals surface area (Å²) in [5.74, 6) is 1.43. The maximum absolute atomic E-state index is 11.6. The summed E-state index contributed by atoms with van der Waals surface area (Å²) in [6.07, 6.45) is 0. The largest absolute Gasteiger partial charge is 0.505 e. The van der Waals surface area contributed by atoms with Gasteiger partial charge in [0.25, 0.3) is 17.3 Å². The van der Waals surface area contributed by atoms with Gasteiger partial charge in [0, 0.05) is 118 Å². The zero-order valence-electron chi connectivity index (χ0n) is 36.7. The summed E-state index contributed by atoms with van der Waals surface area (Å²) < 4.78 is 0. The average molecular weight is 846 g/mol. The van der Waals surface area contributed by atoms with Crippen molar-refractivity contribution in [1.29, 1.82) is 0 Å². The molecule has 0 atom stereocenters. The minimum atomic E-state index is -0.623. The van der Waals surface area contributed by atoms with Gasteiger partial charge in [-0.1, -0.05) is 30.3 Å². The predicted octanol–water partition coefficient (Wildman–Crippen LogP) is 5.60. The molecule has 0 aliphatic carbocycles. The Morgan fingerprint density at radius 2 is 0.820 bits per heavy atom. The third kappa shape index (κ3) is 13.7. The van der Waals surface area contributed by atoms with Gasteiger partial charge in [-0.05, 0) is 38.1 Å². The maximum Gasteiger partial charge on any atom is 0.311 e. The average Bonchev–Trinajstić information content (AvgIpc) is 3.18. The van der Waals surface area contributed by atoms with Gasteiger partial charge < -0.3 is 35.5 Å². The number of para-hydroxylation sites is 2. The third-order valence-electron chi connectivity index (χ3n) is 8.55. The molecule has 4 aromatic rings. The molecule has 61 heavy (non-hydrogen) atoms. The van der Waals surface area contributed by atoms with E-state index < -0.39 is 9.85 Å². The first-order valence-electron chi connectivity index (χ1n) is 18.2. The quantitative estimate of drug-likeness (QED) is 0.0512. The van der Waals surface area contributed by atoms with E-state index in [1.165, 1.54) is 35.2 Å². The molecular formula is C41H55N11O9. The summed E-state index contributed by atoms with van der Waals surface area (Å²) >= 11 is 0. The molecule has 0 saturated carbocycles. The number of hydrogen-bond acceptors (Lipinski definition) is 13. The number of aromatic hydroxyl groups is 2. The van der Waals surface area contributed by atoms with Crippen LogP contribution in [0.5, 0.6) is 11.5 Å². The Kier molecular flexibility index (Phi) is 20.0. The zero-order chi connectivity index (χ0) is 46.9. The molecule has 0 unspecified atom stereocenters. The van der Waals surface area contributed by atoms with E-state index in [0.29, 0.717) is 45.2 Å². The summed E-state index contributed by atoms with van der Waals surface area (Å²) in [7, 11) is 19.1. The summed E-state index contributed by atoms with van der Waals surface area (Å²) in [6.45, 7) is 3.32. The number of nitrogens with zero attached hydrogens (tertiary/aromatic N) is 10. The van der Waals surface area contributed by atoms with Crippen molar-refractivity contribution < 1.29 is 29.8 Å². The number of rotatable bonds is 7. The molecule has 20 nitrogen and oxygen atoms in total. The number of carbonyl (C=O) groups excluding carboxylic acids is 1. The molecule has 328 valence electrons. The van der Waals surface area contributed by atoms with Crippen LogP contribution >= 0.6 is 0 Å². The lowest BCUT2D eigenvalue weighted by Gasteiger charge is -2.16. The van der Waals surface area contributed by atoms with E-state index in [1.54, 1.807) is 104 Å². The van der Waals surface area contributed by atoms with Crippen molar-refractivity contribution in [3.05, 3.63) is 137 Å². The highest BCUT2D eigenvalue weighted by Gasteiger charge is 2.21. The van der Waals surface area contributed by atoms with Gasteiger partial charge in [0.2, 0.25) is 5.75 Å². The van der Waals surface area contributed by atoms with Gasteiger partial charge in [-0.25, -0.2) is 0 Å². The normalized spacial score (nSPS) is 11.0. The van der Waals surface area contributed by atoms with Gasteiger partial charge in [-0.15, -0.1) is 0 Å². The van der Waals surface area contributed by atoms with Crippen molar-refractivity contribution in [3.8, 4) is 11.5 Å². The Morgan fingerprint density at radius 1 is 0.508 bits per heavy atom. The van der Waals surface area contributed by atoms with E-state index in [4.69, 9.17) is 5.73 Å². The second-order valence-corrected chi connectivity index (χ2v) is 13.6. The van der Waals surface area contributed by atoms with E-state index in [-0.39, 0.29) is 39.4 Å². The first-order chi connectivity index (χ1) is 28.5. The molecule has 0 saturated heterocycles. The third-order valence-corrected chi connectivity index (χ3v) is 8.55. The van der Waals surface area contributed by atoms with Crippen molar-refractivity contribution in [2.24, 2.45) is 15.0 Å². The van der Waals surface area contributed by atoms with Crippen molar-refractivity contribution in [2.45, 2.75) is 13.8 Å². The van der Waals surface area contributed by atoms with Crippen LogP contribution in [0.4, 0.5) is 22.7 Å². The Balaban J connectivity index is 0.000000407. The van der Waals surface area contributed by atoms with E-state index in [2.05, 4.69) is 15.0 Å². The molecular weight excluding hydrogens is 791 g/mol. The fourth-order valence-electron chi connectivity index (χ4n) is 5.64. The number of phenolic OH excluding ortho intramolecular Hbond substituents is 2. The second kappa shape index (κ2) is 23.7. The molecule has 0 aliphatic rings. The minimum Gasteiger partial charge on any atom is -0.505 e. The lowest BCUT2D eigenvalue weighted by atomic mass is 10.1. The van der Waals surface area contributed by atoms with Crippen LogP contribution in [0.1, 0.15) is 38.2 Å². The molecule has 0 spiro atoms. The highest BCUT2D eigenvalue weighted by Crippen LogP contribution is 2.30. The molecule has 0 heterocycles. The van der Waals surface area contributed by atoms with Crippen molar-refractivity contribution >= 4 is 46.2 Å². The topological polar surface area (TPSA) is 263 Å². The van der Waals surface area contributed by atoms with E-state index in [1.807, 2.05) is 44.1 Å². The van der Waals surface area contributed by atoms with Gasteiger partial charge in [0.1, 0.15) is 23.3 Å². The Hall–Kier alpha value is -7.64. The SMILES string of the molecule is CN=C(c1cccc(N)c1O)N(C)C.CN=C(c1cccc([N+](=O)[O-])c1C)N(C)C.CN=C(c1cccc([N+](=O)[O-])c1O)N(C)C.Cc1c(C(=O)N(C)C)cccc1[N+](=O)[O-]. The van der Waals surface area contributed by atoms with Crippen LogP contribution in [0.15, 0.2) is 87.8 Å². The number of aliphatic imine (C=N–C) groups is 3. The van der Waals surface area contributed by atoms with Gasteiger partial charge in [0.15, 0.2) is 0 Å². The monoisotopic (exact) mass is 845 g/mol. The Morgan fingerprint density at radius 3 is 1.18 bits per heavy atom. The first kappa shape index (κ1) is 51.4. The number of nitro groups is 3. The van der Waals surface area contributed by atoms with Crippen LogP contribution in [0.25, 0.3) is 0 Å². The van der Waals surface area contributed by atoms with Crippen LogP contribution in [-0.2, 0) is 0 Å². The standard InChI is InChI=1S/C11H15N3O2.C10H13N3O3.C10H15N3O.C10H12N2O3/c1-8-9(11(12-2)13(3)4)6-5-7-10(8)14(15)16;1-11-10(12(2)3)7-5-4-6-8(9(7)14)13(15)16;1-12-10(13(2)3)7-5-4-6-8(11)9(7)14;1-7-8(10(13)11(2)3)5-4-6-9(7)12(14)15/h5-7H,1-4H3;4-6,14H,1-3H3;4-6,14H,11H2,1-3H3;4-6H,1-3H3. The number of benzene rings is 4. The number of nitrogens with two attached hydrogens (primary N) is 1. The smallest absolute Gasteiger partial charge is 0.311 e. The molecule has 0 aromatic heterocycles. The van der Waals surface area contributed by atoms with Crippen molar-refractivity contribution in [3.63, 3.8) is 0 Å². The van der Waals surface area contributed by atoms with Gasteiger partial charge in [-0.2, -0.15) is 0 Å². The van der Waals surface area contributed by atoms with E-state index in [9.17, 15) is 45.4 Å². The molecule has 0 radical (unpaired) electrons. The summed E-state index contributed by atoms with van der Waals surface area (Å²) in [5.41, 5.74) is 8.94. The molecule has 4 aromatic carbocycles. The summed E-state index contributed by atoms with van der Waals surface area (Å²) in [5, 5.41) is 51.6. The number of amidine groups is 3. The zero-order valence-corrected chi connectivity index (χ0v) is 36.7. The lowest BCUT2D eigenvalue weighted by Crippen LogP contribution is -2.24. The molecule has 4 N–H and O–H groups in total. The number of amides is 1. The molecule has 0 aliphatic heterocycles. The molecule has 0 bridgehead atoms. The number of phenols is 2. The number of anilines is 1. The van der Waals surface area contributed by atoms with Crippen LogP contribution < -0.4 is 5.73 Å². The molecule has 20 heteroatoms. The van der Waals surface area contributed by atoms with Gasteiger partial charge in [-0.3, -0.25) is 50.1 Å². The molecule has 0 fully saturated rings. The van der Waals surface area contributed by atoms with Crippen molar-refractivity contribution in [1.82, 2.24) is 19.6 Å². The summed E-state index contributed by atoms with van der Waals surface area (Å²) in [4.78, 5) is 61.2. The first-order valence-corrected chi connectivity index (χ1v) is 18.2. The van der Waals surface area contributed by atoms with Crippen LogP contribution in [0.3, 0.4) is 0 Å². The summed E-state index contributed by atoms with van der Waals surface area (Å²) in [6, 6.07) is 19.1. The molecule has 1 amide bonds. The highest BCUT2D eigenvalue weighted by molar-refractivity contribution is 6.03. The number of nitrogen functional groups attached to an aromatic ring is 1. The molecule has 4 rings (SSSR count). The number of hydrogen-bond donors (Lipinski definition) is 3. The minimum absolute atomic E-state index is 0.0253. The fourth-order valence-corrected chi connectivity index (χ4v) is 5.64. The number of carbonyl (C=O) groups is 1. The lowest BCUT2D eigenvalue weighted by molar-refractivity contribution is -0.385. The number of nitro benzene ring substituents is 3. The maximum atomic E-state index is 11.6. The van der Waals surface area contributed by atoms with Gasteiger partial charge >= 0.3 is 5.69 Å². The van der Waals surface area contributed by atoms with Gasteiger partial charge in [0.05, 0.1) is 31.6 Å². The highest BCUT2D eigenvalue weighted by atomic mass is 16.6.